The lowest BCUT2D eigenvalue weighted by atomic mass is 10.1. The second-order valence-electron chi connectivity index (χ2n) is 7.27. The fourth-order valence-corrected chi connectivity index (χ4v) is 1.90. The monoisotopic (exact) mass is 282 g/mol. The molecule has 0 spiro atoms. The van der Waals surface area contributed by atoms with Crippen LogP contribution in [0.15, 0.2) is 4.42 Å². The first-order valence-corrected chi connectivity index (χ1v) is 7.49. The lowest BCUT2D eigenvalue weighted by Gasteiger charge is -2.24. The molecule has 0 aromatic carbocycles. The van der Waals surface area contributed by atoms with Crippen LogP contribution in [0.3, 0.4) is 0 Å². The van der Waals surface area contributed by atoms with E-state index in [0.717, 1.165) is 13.1 Å². The molecule has 0 radical (unpaired) electrons. The van der Waals surface area contributed by atoms with Gasteiger partial charge in [-0.1, -0.05) is 32.8 Å². The molecule has 0 aliphatic carbocycles. The summed E-state index contributed by atoms with van der Waals surface area (Å²) in [5.41, 5.74) is 0.0458. The highest BCUT2D eigenvalue weighted by Gasteiger charge is 2.18. The summed E-state index contributed by atoms with van der Waals surface area (Å²) in [5.74, 6) is 1.78. The maximum absolute atomic E-state index is 5.78. The predicted molar refractivity (Wildman–Crippen MR) is 82.8 cm³/mol. The van der Waals surface area contributed by atoms with Gasteiger partial charge in [0, 0.05) is 18.6 Å². The minimum absolute atomic E-state index is 0.0458. The molecule has 5 nitrogen and oxygen atoms in total. The summed E-state index contributed by atoms with van der Waals surface area (Å²) in [6.45, 7) is 17.6. The van der Waals surface area contributed by atoms with Crippen LogP contribution in [0.2, 0.25) is 0 Å². The normalized spacial score (nSPS) is 12.4. The predicted octanol–water partition coefficient (Wildman–Crippen LogP) is 3.08. The fraction of sp³-hybridized carbons (Fsp3) is 0.867. The van der Waals surface area contributed by atoms with E-state index in [1.165, 1.54) is 0 Å². The second kappa shape index (κ2) is 7.07. The zero-order chi connectivity index (χ0) is 15.3. The van der Waals surface area contributed by atoms with Crippen molar-refractivity contribution in [3.63, 3.8) is 0 Å². The maximum atomic E-state index is 5.78. The molecule has 0 bridgehead atoms. The Bertz CT molecular complexity index is 383. The van der Waals surface area contributed by atoms with E-state index in [0.29, 0.717) is 30.3 Å². The summed E-state index contributed by atoms with van der Waals surface area (Å²) >= 11 is 0. The van der Waals surface area contributed by atoms with Crippen molar-refractivity contribution >= 4 is 6.01 Å². The van der Waals surface area contributed by atoms with Gasteiger partial charge in [0.15, 0.2) is 0 Å². The first kappa shape index (κ1) is 17.0. The standard InChI is InChI=1S/C15H30N4O/c1-11(2)9-19(10-12(3)4)14-18-17-13(20-14)8-16-15(5,6)7/h11-12,16H,8-10H2,1-7H3. The van der Waals surface area contributed by atoms with Crippen molar-refractivity contribution in [2.45, 2.75) is 60.5 Å². The number of rotatable bonds is 7. The van der Waals surface area contributed by atoms with Gasteiger partial charge in [0.2, 0.25) is 5.89 Å². The summed E-state index contributed by atoms with van der Waals surface area (Å²) in [4.78, 5) is 2.18. The number of aromatic nitrogens is 2. The molecule has 0 unspecified atom stereocenters. The number of nitrogens with one attached hydrogen (secondary N) is 1. The zero-order valence-corrected chi connectivity index (χ0v) is 14.0. The number of hydrogen-bond donors (Lipinski definition) is 1. The Balaban J connectivity index is 2.70. The molecule has 0 atom stereocenters. The van der Waals surface area contributed by atoms with Crippen LogP contribution in [0.1, 0.15) is 54.4 Å². The highest BCUT2D eigenvalue weighted by atomic mass is 16.4. The summed E-state index contributed by atoms with van der Waals surface area (Å²) in [5, 5.41) is 11.7. The third-order valence-corrected chi connectivity index (χ3v) is 2.67. The largest absolute Gasteiger partial charge is 0.407 e. The van der Waals surface area contributed by atoms with Gasteiger partial charge in [0.1, 0.15) is 0 Å². The van der Waals surface area contributed by atoms with E-state index in [4.69, 9.17) is 4.42 Å². The van der Waals surface area contributed by atoms with Crippen molar-refractivity contribution in [2.24, 2.45) is 11.8 Å². The van der Waals surface area contributed by atoms with Crippen LogP contribution in [0, 0.1) is 11.8 Å². The molecule has 20 heavy (non-hydrogen) atoms. The Hall–Kier alpha value is -1.10. The van der Waals surface area contributed by atoms with Crippen molar-refractivity contribution in [3.8, 4) is 0 Å². The molecule has 0 aliphatic rings. The van der Waals surface area contributed by atoms with Gasteiger partial charge in [-0.15, -0.1) is 5.10 Å². The van der Waals surface area contributed by atoms with Crippen LogP contribution >= 0.6 is 0 Å². The van der Waals surface area contributed by atoms with Gasteiger partial charge in [-0.05, 0) is 32.6 Å². The van der Waals surface area contributed by atoms with Gasteiger partial charge in [0.05, 0.1) is 6.54 Å². The van der Waals surface area contributed by atoms with Crippen LogP contribution in [0.4, 0.5) is 6.01 Å². The summed E-state index contributed by atoms with van der Waals surface area (Å²) in [7, 11) is 0. The molecular formula is C15H30N4O. The Morgan fingerprint density at radius 2 is 1.60 bits per heavy atom. The highest BCUT2D eigenvalue weighted by molar-refractivity contribution is 5.24. The minimum atomic E-state index is 0.0458. The van der Waals surface area contributed by atoms with Crippen molar-refractivity contribution in [3.05, 3.63) is 5.89 Å². The smallest absolute Gasteiger partial charge is 0.318 e. The number of nitrogens with zero attached hydrogens (tertiary/aromatic N) is 3. The number of anilines is 1. The highest BCUT2D eigenvalue weighted by Crippen LogP contribution is 2.16. The summed E-state index contributed by atoms with van der Waals surface area (Å²) < 4.78 is 5.78. The van der Waals surface area contributed by atoms with E-state index in [2.05, 4.69) is 68.9 Å². The molecule has 116 valence electrons. The summed E-state index contributed by atoms with van der Waals surface area (Å²) in [6, 6.07) is 0.637. The molecule has 0 amide bonds. The van der Waals surface area contributed by atoms with Crippen LogP contribution in [0.5, 0.6) is 0 Å². The Kier molecular flexibility index (Phi) is 5.99. The van der Waals surface area contributed by atoms with Crippen molar-refractivity contribution in [2.75, 3.05) is 18.0 Å². The number of hydrogen-bond acceptors (Lipinski definition) is 5. The first-order valence-electron chi connectivity index (χ1n) is 7.49. The molecular weight excluding hydrogens is 252 g/mol. The average molecular weight is 282 g/mol. The van der Waals surface area contributed by atoms with Gasteiger partial charge < -0.3 is 14.6 Å². The molecule has 1 heterocycles. The molecule has 1 aromatic heterocycles. The van der Waals surface area contributed by atoms with E-state index in [1.54, 1.807) is 0 Å². The van der Waals surface area contributed by atoms with E-state index in [1.807, 2.05) is 0 Å². The molecule has 1 aromatic rings. The molecule has 1 N–H and O–H groups in total. The van der Waals surface area contributed by atoms with E-state index < -0.39 is 0 Å². The molecule has 0 aliphatic heterocycles. The molecule has 0 saturated heterocycles. The van der Waals surface area contributed by atoms with E-state index >= 15 is 0 Å². The third-order valence-electron chi connectivity index (χ3n) is 2.67. The van der Waals surface area contributed by atoms with E-state index in [9.17, 15) is 0 Å². The Morgan fingerprint density at radius 3 is 2.05 bits per heavy atom. The molecule has 5 heteroatoms. The zero-order valence-electron chi connectivity index (χ0n) is 14.0. The topological polar surface area (TPSA) is 54.2 Å². The molecule has 0 saturated carbocycles. The van der Waals surface area contributed by atoms with Gasteiger partial charge in [-0.3, -0.25) is 0 Å². The van der Waals surface area contributed by atoms with Gasteiger partial charge in [0.25, 0.3) is 0 Å². The van der Waals surface area contributed by atoms with Crippen molar-refractivity contribution in [1.82, 2.24) is 15.5 Å². The van der Waals surface area contributed by atoms with Crippen LogP contribution in [0.25, 0.3) is 0 Å². The molecule has 0 fully saturated rings. The lowest BCUT2D eigenvalue weighted by Crippen LogP contribution is -2.35. The van der Waals surface area contributed by atoms with E-state index in [-0.39, 0.29) is 5.54 Å². The van der Waals surface area contributed by atoms with Crippen molar-refractivity contribution < 1.29 is 4.42 Å². The van der Waals surface area contributed by atoms with Crippen molar-refractivity contribution in [1.29, 1.82) is 0 Å². The lowest BCUT2D eigenvalue weighted by molar-refractivity contribution is 0.377. The quantitative estimate of drug-likeness (QED) is 0.833. The van der Waals surface area contributed by atoms with Gasteiger partial charge in [-0.25, -0.2) is 0 Å². The Morgan fingerprint density at radius 1 is 1.05 bits per heavy atom. The first-order chi connectivity index (χ1) is 9.17. The van der Waals surface area contributed by atoms with Gasteiger partial charge >= 0.3 is 6.01 Å². The van der Waals surface area contributed by atoms with Crippen LogP contribution < -0.4 is 10.2 Å². The minimum Gasteiger partial charge on any atom is -0.407 e. The third kappa shape index (κ3) is 6.37. The average Bonchev–Trinajstić information content (AvgIpc) is 2.71. The van der Waals surface area contributed by atoms with Crippen LogP contribution in [-0.4, -0.2) is 28.8 Å². The SMILES string of the molecule is CC(C)CN(CC(C)C)c1nnc(CNC(C)(C)C)o1. The summed E-state index contributed by atoms with van der Waals surface area (Å²) in [6.07, 6.45) is 0. The maximum Gasteiger partial charge on any atom is 0.318 e. The fourth-order valence-electron chi connectivity index (χ4n) is 1.90. The van der Waals surface area contributed by atoms with Gasteiger partial charge in [-0.2, -0.15) is 0 Å². The Labute approximate surface area is 123 Å². The second-order valence-corrected chi connectivity index (χ2v) is 7.27. The molecule has 1 rings (SSSR count). The van der Waals surface area contributed by atoms with Crippen LogP contribution in [-0.2, 0) is 6.54 Å².